The van der Waals surface area contributed by atoms with Crippen LogP contribution in [0.5, 0.6) is 0 Å². The standard InChI is InChI=1S/C19H19F2NO/c1-13(14-6-3-2-4-7-14)22-11-10-15(19(22)23)12-16-17(20)8-5-9-18(16)21/h2-9,13,15H,10-12H2,1H3. The van der Waals surface area contributed by atoms with E-state index < -0.39 is 11.6 Å². The second kappa shape index (κ2) is 6.49. The van der Waals surface area contributed by atoms with Crippen molar-refractivity contribution < 1.29 is 13.6 Å². The zero-order valence-corrected chi connectivity index (χ0v) is 13.0. The van der Waals surface area contributed by atoms with Gasteiger partial charge in [-0.05, 0) is 37.5 Å². The van der Waals surface area contributed by atoms with Crippen LogP contribution in [0.4, 0.5) is 8.78 Å². The molecule has 2 aromatic carbocycles. The van der Waals surface area contributed by atoms with E-state index in [1.54, 1.807) is 4.90 Å². The Hall–Kier alpha value is -2.23. The van der Waals surface area contributed by atoms with Crippen molar-refractivity contribution in [2.45, 2.75) is 25.8 Å². The van der Waals surface area contributed by atoms with Gasteiger partial charge < -0.3 is 4.90 Å². The Morgan fingerprint density at radius 1 is 1.09 bits per heavy atom. The molecule has 0 aliphatic carbocycles. The number of rotatable bonds is 4. The van der Waals surface area contributed by atoms with Gasteiger partial charge in [0.1, 0.15) is 11.6 Å². The van der Waals surface area contributed by atoms with Gasteiger partial charge in [0, 0.05) is 18.0 Å². The fraction of sp³-hybridized carbons (Fsp3) is 0.316. The number of carbonyl (C=O) groups is 1. The number of halogens is 2. The second-order valence-electron chi connectivity index (χ2n) is 6.01. The zero-order chi connectivity index (χ0) is 16.4. The van der Waals surface area contributed by atoms with E-state index in [4.69, 9.17) is 0 Å². The third kappa shape index (κ3) is 3.11. The van der Waals surface area contributed by atoms with Gasteiger partial charge in [-0.2, -0.15) is 0 Å². The Kier molecular flexibility index (Phi) is 4.42. The molecule has 4 heteroatoms. The van der Waals surface area contributed by atoms with Gasteiger partial charge in [-0.25, -0.2) is 8.78 Å². The number of likely N-dealkylation sites (tertiary alicyclic amines) is 1. The number of benzene rings is 2. The number of hydrogen-bond donors (Lipinski definition) is 0. The van der Waals surface area contributed by atoms with E-state index in [1.807, 2.05) is 37.3 Å². The van der Waals surface area contributed by atoms with Crippen molar-refractivity contribution in [1.82, 2.24) is 4.90 Å². The molecule has 0 N–H and O–H groups in total. The molecule has 1 fully saturated rings. The van der Waals surface area contributed by atoms with Gasteiger partial charge in [-0.3, -0.25) is 4.79 Å². The Balaban J connectivity index is 1.74. The summed E-state index contributed by atoms with van der Waals surface area (Å²) in [6.07, 6.45) is 0.749. The summed E-state index contributed by atoms with van der Waals surface area (Å²) in [5.74, 6) is -1.53. The molecule has 2 atom stereocenters. The fourth-order valence-electron chi connectivity index (χ4n) is 3.22. The number of amides is 1. The van der Waals surface area contributed by atoms with Crippen molar-refractivity contribution in [3.8, 4) is 0 Å². The molecule has 0 spiro atoms. The topological polar surface area (TPSA) is 20.3 Å². The second-order valence-corrected chi connectivity index (χ2v) is 6.01. The molecular weight excluding hydrogens is 296 g/mol. The lowest BCUT2D eigenvalue weighted by Gasteiger charge is -2.25. The smallest absolute Gasteiger partial charge is 0.226 e. The monoisotopic (exact) mass is 315 g/mol. The van der Waals surface area contributed by atoms with E-state index >= 15 is 0 Å². The lowest BCUT2D eigenvalue weighted by atomic mass is 9.97. The first-order valence-electron chi connectivity index (χ1n) is 7.86. The summed E-state index contributed by atoms with van der Waals surface area (Å²) in [6, 6.07) is 13.6. The molecule has 1 saturated heterocycles. The average molecular weight is 315 g/mol. The van der Waals surface area contributed by atoms with E-state index in [0.29, 0.717) is 13.0 Å². The minimum Gasteiger partial charge on any atom is -0.336 e. The first kappa shape index (κ1) is 15.7. The van der Waals surface area contributed by atoms with Crippen LogP contribution in [0.1, 0.15) is 30.5 Å². The Bertz CT molecular complexity index is 682. The Labute approximate surface area is 134 Å². The van der Waals surface area contributed by atoms with Crippen molar-refractivity contribution in [3.05, 3.63) is 71.3 Å². The molecule has 3 rings (SSSR count). The van der Waals surface area contributed by atoms with Crippen molar-refractivity contribution in [3.63, 3.8) is 0 Å². The Morgan fingerprint density at radius 2 is 1.74 bits per heavy atom. The van der Waals surface area contributed by atoms with Gasteiger partial charge in [0.05, 0.1) is 6.04 Å². The van der Waals surface area contributed by atoms with E-state index in [1.165, 1.54) is 18.2 Å². The molecule has 1 aliphatic rings. The normalized spacial score (nSPS) is 19.2. The minimum absolute atomic E-state index is 0.0139. The van der Waals surface area contributed by atoms with E-state index in [9.17, 15) is 13.6 Å². The summed E-state index contributed by atoms with van der Waals surface area (Å²) in [6.45, 7) is 2.61. The molecule has 2 aromatic rings. The highest BCUT2D eigenvalue weighted by Gasteiger charge is 2.35. The summed E-state index contributed by atoms with van der Waals surface area (Å²) < 4.78 is 27.6. The molecule has 2 nitrogen and oxygen atoms in total. The third-order valence-corrected chi connectivity index (χ3v) is 4.61. The molecular formula is C19H19F2NO. The summed E-state index contributed by atoms with van der Waals surface area (Å²) >= 11 is 0. The van der Waals surface area contributed by atoms with E-state index in [0.717, 1.165) is 5.56 Å². The molecule has 0 aromatic heterocycles. The predicted octanol–water partition coefficient (Wildman–Crippen LogP) is 4.12. The number of carbonyl (C=O) groups excluding carboxylic acids is 1. The highest BCUT2D eigenvalue weighted by molar-refractivity contribution is 5.81. The van der Waals surface area contributed by atoms with Crippen LogP contribution < -0.4 is 0 Å². The molecule has 23 heavy (non-hydrogen) atoms. The van der Waals surface area contributed by atoms with Crippen LogP contribution in [-0.4, -0.2) is 17.4 Å². The van der Waals surface area contributed by atoms with Crippen molar-refractivity contribution in [2.75, 3.05) is 6.54 Å². The third-order valence-electron chi connectivity index (χ3n) is 4.61. The Morgan fingerprint density at radius 3 is 2.39 bits per heavy atom. The van der Waals surface area contributed by atoms with E-state index in [-0.39, 0.29) is 29.9 Å². The maximum absolute atomic E-state index is 13.8. The van der Waals surface area contributed by atoms with E-state index in [2.05, 4.69) is 0 Å². The van der Waals surface area contributed by atoms with Crippen molar-refractivity contribution in [2.24, 2.45) is 5.92 Å². The van der Waals surface area contributed by atoms with Gasteiger partial charge in [0.2, 0.25) is 5.91 Å². The number of hydrogen-bond acceptors (Lipinski definition) is 1. The SMILES string of the molecule is CC(c1ccccc1)N1CCC(Cc2c(F)cccc2F)C1=O. The van der Waals surface area contributed by atoms with Gasteiger partial charge in [-0.15, -0.1) is 0 Å². The quantitative estimate of drug-likeness (QED) is 0.831. The summed E-state index contributed by atoms with van der Waals surface area (Å²) in [5, 5.41) is 0. The molecule has 1 heterocycles. The highest BCUT2D eigenvalue weighted by atomic mass is 19.1. The van der Waals surface area contributed by atoms with Crippen LogP contribution in [0.3, 0.4) is 0 Å². The van der Waals surface area contributed by atoms with Gasteiger partial charge in [0.25, 0.3) is 0 Å². The van der Waals surface area contributed by atoms with Gasteiger partial charge in [0.15, 0.2) is 0 Å². The largest absolute Gasteiger partial charge is 0.336 e. The number of nitrogens with zero attached hydrogens (tertiary/aromatic N) is 1. The maximum Gasteiger partial charge on any atom is 0.226 e. The molecule has 0 radical (unpaired) electrons. The lowest BCUT2D eigenvalue weighted by Crippen LogP contribution is -2.31. The average Bonchev–Trinajstić information content (AvgIpc) is 2.92. The molecule has 2 unspecified atom stereocenters. The van der Waals surface area contributed by atoms with Crippen LogP contribution in [0.25, 0.3) is 0 Å². The summed E-state index contributed by atoms with van der Waals surface area (Å²) in [5.41, 5.74) is 1.08. The van der Waals surface area contributed by atoms with Crippen LogP contribution in [-0.2, 0) is 11.2 Å². The molecule has 1 amide bonds. The van der Waals surface area contributed by atoms with Crippen LogP contribution in [0.2, 0.25) is 0 Å². The van der Waals surface area contributed by atoms with Crippen LogP contribution >= 0.6 is 0 Å². The first-order chi connectivity index (χ1) is 11.1. The van der Waals surface area contributed by atoms with Crippen molar-refractivity contribution >= 4 is 5.91 Å². The predicted molar refractivity (Wildman–Crippen MR) is 84.7 cm³/mol. The summed E-state index contributed by atoms with van der Waals surface area (Å²) in [4.78, 5) is 14.4. The minimum atomic E-state index is -0.577. The first-order valence-corrected chi connectivity index (χ1v) is 7.86. The van der Waals surface area contributed by atoms with Crippen LogP contribution in [0, 0.1) is 17.6 Å². The molecule has 0 bridgehead atoms. The van der Waals surface area contributed by atoms with Gasteiger partial charge in [-0.1, -0.05) is 36.4 Å². The molecule has 1 aliphatic heterocycles. The van der Waals surface area contributed by atoms with Crippen LogP contribution in [0.15, 0.2) is 48.5 Å². The maximum atomic E-state index is 13.8. The fourth-order valence-corrected chi connectivity index (χ4v) is 3.22. The molecule has 120 valence electrons. The summed E-state index contributed by atoms with van der Waals surface area (Å²) in [7, 11) is 0. The lowest BCUT2D eigenvalue weighted by molar-refractivity contribution is -0.132. The van der Waals surface area contributed by atoms with Crippen molar-refractivity contribution in [1.29, 1.82) is 0 Å². The molecule has 0 saturated carbocycles. The zero-order valence-electron chi connectivity index (χ0n) is 13.0. The highest BCUT2D eigenvalue weighted by Crippen LogP contribution is 2.31. The van der Waals surface area contributed by atoms with Gasteiger partial charge >= 0.3 is 0 Å².